The number of aliphatic hydroxyl groups excluding tert-OH is 1. The van der Waals surface area contributed by atoms with Crippen LogP contribution in [0.2, 0.25) is 0 Å². The van der Waals surface area contributed by atoms with Crippen molar-refractivity contribution < 1.29 is 14.6 Å². The molecule has 100 valence electrons. The SMILES string of the molecule is COCC(O)CN(C)C(=O)c1ccc(C)c(N)c1. The van der Waals surface area contributed by atoms with E-state index in [4.69, 9.17) is 10.5 Å². The van der Waals surface area contributed by atoms with Gasteiger partial charge in [-0.05, 0) is 24.6 Å². The molecule has 1 aromatic carbocycles. The minimum absolute atomic E-state index is 0.170. The van der Waals surface area contributed by atoms with E-state index in [0.717, 1.165) is 5.56 Å². The lowest BCUT2D eigenvalue weighted by atomic mass is 10.1. The number of aliphatic hydroxyl groups is 1. The van der Waals surface area contributed by atoms with Gasteiger partial charge < -0.3 is 20.5 Å². The van der Waals surface area contributed by atoms with Crippen molar-refractivity contribution in [2.45, 2.75) is 13.0 Å². The van der Waals surface area contributed by atoms with Crippen LogP contribution >= 0.6 is 0 Å². The highest BCUT2D eigenvalue weighted by molar-refractivity contribution is 5.95. The Balaban J connectivity index is 2.71. The van der Waals surface area contributed by atoms with Gasteiger partial charge in [-0.3, -0.25) is 4.79 Å². The van der Waals surface area contributed by atoms with Crippen molar-refractivity contribution in [1.82, 2.24) is 4.90 Å². The first-order valence-electron chi connectivity index (χ1n) is 5.74. The van der Waals surface area contributed by atoms with E-state index in [1.165, 1.54) is 12.0 Å². The van der Waals surface area contributed by atoms with Crippen LogP contribution in [-0.4, -0.2) is 49.3 Å². The van der Waals surface area contributed by atoms with E-state index < -0.39 is 6.10 Å². The zero-order valence-electron chi connectivity index (χ0n) is 11.0. The lowest BCUT2D eigenvalue weighted by Crippen LogP contribution is -2.36. The molecule has 0 saturated carbocycles. The Morgan fingerprint density at radius 2 is 2.22 bits per heavy atom. The van der Waals surface area contributed by atoms with E-state index in [2.05, 4.69) is 0 Å². The molecule has 0 saturated heterocycles. The number of anilines is 1. The second-order valence-electron chi connectivity index (χ2n) is 4.37. The Kier molecular flexibility index (Phi) is 5.12. The molecular formula is C13H20N2O3. The largest absolute Gasteiger partial charge is 0.398 e. The van der Waals surface area contributed by atoms with Gasteiger partial charge in [0.15, 0.2) is 0 Å². The summed E-state index contributed by atoms with van der Waals surface area (Å²) in [5, 5.41) is 9.57. The number of likely N-dealkylation sites (N-methyl/N-ethyl adjacent to an activating group) is 1. The number of nitrogen functional groups attached to an aromatic ring is 1. The van der Waals surface area contributed by atoms with Crippen LogP contribution in [0, 0.1) is 6.92 Å². The van der Waals surface area contributed by atoms with Crippen molar-refractivity contribution in [3.05, 3.63) is 29.3 Å². The molecule has 1 atom stereocenters. The molecule has 0 aromatic heterocycles. The van der Waals surface area contributed by atoms with Gasteiger partial charge in [-0.1, -0.05) is 6.07 Å². The number of ether oxygens (including phenoxy) is 1. The molecule has 0 aliphatic carbocycles. The molecule has 1 aromatic rings. The van der Waals surface area contributed by atoms with Crippen molar-refractivity contribution in [3.63, 3.8) is 0 Å². The number of nitrogens with two attached hydrogens (primary N) is 1. The number of methoxy groups -OCH3 is 1. The Hall–Kier alpha value is -1.59. The van der Waals surface area contributed by atoms with Crippen molar-refractivity contribution in [3.8, 4) is 0 Å². The van der Waals surface area contributed by atoms with Crippen LogP contribution < -0.4 is 5.73 Å². The maximum Gasteiger partial charge on any atom is 0.253 e. The Labute approximate surface area is 107 Å². The smallest absolute Gasteiger partial charge is 0.253 e. The highest BCUT2D eigenvalue weighted by atomic mass is 16.5. The highest BCUT2D eigenvalue weighted by Gasteiger charge is 2.15. The predicted molar refractivity (Wildman–Crippen MR) is 70.4 cm³/mol. The molecule has 5 nitrogen and oxygen atoms in total. The summed E-state index contributed by atoms with van der Waals surface area (Å²) in [6.07, 6.45) is -0.688. The number of benzene rings is 1. The van der Waals surface area contributed by atoms with Crippen molar-refractivity contribution >= 4 is 11.6 Å². The minimum Gasteiger partial charge on any atom is -0.398 e. The zero-order chi connectivity index (χ0) is 13.7. The lowest BCUT2D eigenvalue weighted by Gasteiger charge is -2.20. The number of nitrogens with zero attached hydrogens (tertiary/aromatic N) is 1. The average Bonchev–Trinajstić information content (AvgIpc) is 2.32. The molecule has 0 radical (unpaired) electrons. The van der Waals surface area contributed by atoms with E-state index in [1.807, 2.05) is 13.0 Å². The fraction of sp³-hybridized carbons (Fsp3) is 0.462. The molecule has 0 aliphatic rings. The van der Waals surface area contributed by atoms with Crippen molar-refractivity contribution in [2.24, 2.45) is 0 Å². The fourth-order valence-electron chi connectivity index (χ4n) is 1.64. The van der Waals surface area contributed by atoms with E-state index in [-0.39, 0.29) is 19.1 Å². The third-order valence-electron chi connectivity index (χ3n) is 2.72. The molecule has 18 heavy (non-hydrogen) atoms. The van der Waals surface area contributed by atoms with Gasteiger partial charge in [-0.2, -0.15) is 0 Å². The molecule has 1 amide bonds. The summed E-state index contributed by atoms with van der Waals surface area (Å²) in [6.45, 7) is 2.31. The van der Waals surface area contributed by atoms with Gasteiger partial charge >= 0.3 is 0 Å². The Bertz CT molecular complexity index is 421. The lowest BCUT2D eigenvalue weighted by molar-refractivity contribution is 0.0380. The second kappa shape index (κ2) is 6.37. The number of aryl methyl sites for hydroxylation is 1. The topological polar surface area (TPSA) is 75.8 Å². The summed E-state index contributed by atoms with van der Waals surface area (Å²) in [7, 11) is 3.14. The van der Waals surface area contributed by atoms with E-state index in [9.17, 15) is 9.90 Å². The van der Waals surface area contributed by atoms with Gasteiger partial charge in [0.05, 0.1) is 12.7 Å². The van der Waals surface area contributed by atoms with Crippen LogP contribution in [0.25, 0.3) is 0 Å². The second-order valence-corrected chi connectivity index (χ2v) is 4.37. The first kappa shape index (κ1) is 14.5. The fourth-order valence-corrected chi connectivity index (χ4v) is 1.64. The minimum atomic E-state index is -0.688. The normalized spacial score (nSPS) is 12.2. The van der Waals surface area contributed by atoms with Gasteiger partial charge in [0.2, 0.25) is 0 Å². The number of hydrogen-bond acceptors (Lipinski definition) is 4. The monoisotopic (exact) mass is 252 g/mol. The predicted octanol–water partition coefficient (Wildman–Crippen LogP) is 0.657. The molecule has 0 heterocycles. The first-order chi connectivity index (χ1) is 8.45. The first-order valence-corrected chi connectivity index (χ1v) is 5.74. The summed E-state index contributed by atoms with van der Waals surface area (Å²) in [5.41, 5.74) is 7.81. The van der Waals surface area contributed by atoms with E-state index >= 15 is 0 Å². The number of carbonyl (C=O) groups is 1. The third kappa shape index (κ3) is 3.72. The van der Waals surface area contributed by atoms with E-state index in [1.54, 1.807) is 19.2 Å². The molecule has 0 bridgehead atoms. The molecule has 5 heteroatoms. The summed E-state index contributed by atoms with van der Waals surface area (Å²) >= 11 is 0. The number of hydrogen-bond donors (Lipinski definition) is 2. The summed E-state index contributed by atoms with van der Waals surface area (Å²) in [4.78, 5) is 13.5. The number of carbonyl (C=O) groups excluding carboxylic acids is 1. The van der Waals surface area contributed by atoms with Gasteiger partial charge in [0.1, 0.15) is 0 Å². The van der Waals surface area contributed by atoms with Gasteiger partial charge in [0.25, 0.3) is 5.91 Å². The number of amides is 1. The van der Waals surface area contributed by atoms with Crippen molar-refractivity contribution in [2.75, 3.05) is 33.0 Å². The maximum atomic E-state index is 12.1. The third-order valence-corrected chi connectivity index (χ3v) is 2.72. The highest BCUT2D eigenvalue weighted by Crippen LogP contribution is 2.14. The molecule has 1 unspecified atom stereocenters. The maximum absolute atomic E-state index is 12.1. The Morgan fingerprint density at radius 3 is 2.78 bits per heavy atom. The Morgan fingerprint density at radius 1 is 1.56 bits per heavy atom. The zero-order valence-corrected chi connectivity index (χ0v) is 11.0. The quantitative estimate of drug-likeness (QED) is 0.755. The van der Waals surface area contributed by atoms with Gasteiger partial charge in [-0.25, -0.2) is 0 Å². The van der Waals surface area contributed by atoms with Crippen LogP contribution in [0.15, 0.2) is 18.2 Å². The van der Waals surface area contributed by atoms with E-state index in [0.29, 0.717) is 11.3 Å². The molecule has 0 spiro atoms. The van der Waals surface area contributed by atoms with Crippen molar-refractivity contribution in [1.29, 1.82) is 0 Å². The van der Waals surface area contributed by atoms with Crippen LogP contribution in [0.5, 0.6) is 0 Å². The molecule has 3 N–H and O–H groups in total. The van der Waals surface area contributed by atoms with Crippen LogP contribution in [0.1, 0.15) is 15.9 Å². The summed E-state index contributed by atoms with van der Waals surface area (Å²) < 4.78 is 4.82. The van der Waals surface area contributed by atoms with Gasteiger partial charge in [-0.15, -0.1) is 0 Å². The molecular weight excluding hydrogens is 232 g/mol. The van der Waals surface area contributed by atoms with Gasteiger partial charge in [0, 0.05) is 32.0 Å². The summed E-state index contributed by atoms with van der Waals surface area (Å²) in [6, 6.07) is 5.19. The standard InChI is InChI=1S/C13H20N2O3/c1-9-4-5-10(6-12(9)14)13(17)15(2)7-11(16)8-18-3/h4-6,11,16H,7-8,14H2,1-3H3. The van der Waals surface area contributed by atoms with Crippen LogP contribution in [-0.2, 0) is 4.74 Å². The summed E-state index contributed by atoms with van der Waals surface area (Å²) in [5.74, 6) is -0.170. The average molecular weight is 252 g/mol. The van der Waals surface area contributed by atoms with Crippen LogP contribution in [0.3, 0.4) is 0 Å². The molecule has 1 rings (SSSR count). The number of rotatable bonds is 5. The molecule has 0 fully saturated rings. The van der Waals surface area contributed by atoms with Crippen LogP contribution in [0.4, 0.5) is 5.69 Å². The molecule has 0 aliphatic heterocycles.